The van der Waals surface area contributed by atoms with Crippen LogP contribution in [-0.4, -0.2) is 24.1 Å². The van der Waals surface area contributed by atoms with E-state index in [4.69, 9.17) is 0 Å². The molecule has 1 aliphatic carbocycles. The monoisotopic (exact) mass is 311 g/mol. The molecule has 1 aromatic carbocycles. The third-order valence-corrected chi connectivity index (χ3v) is 5.38. The Balaban J connectivity index is 1.71. The number of fused-ring (bicyclic) bond motifs is 2. The van der Waals surface area contributed by atoms with Crippen LogP contribution in [0.2, 0.25) is 0 Å². The Morgan fingerprint density at radius 3 is 2.87 bits per heavy atom. The summed E-state index contributed by atoms with van der Waals surface area (Å²) in [6.45, 7) is 2.71. The molecule has 2 unspecified atom stereocenters. The fourth-order valence-electron chi connectivity index (χ4n) is 4.23. The van der Waals surface area contributed by atoms with Crippen LogP contribution < -0.4 is 10.3 Å². The lowest BCUT2D eigenvalue weighted by Crippen LogP contribution is -2.39. The zero-order valence-electron chi connectivity index (χ0n) is 13.3. The Kier molecular flexibility index (Phi) is 3.43. The number of hydrogen-bond donors (Lipinski definition) is 1. The molecule has 1 fully saturated rings. The average Bonchev–Trinajstić information content (AvgIpc) is 3.05. The molecule has 0 spiro atoms. The highest BCUT2D eigenvalue weighted by molar-refractivity contribution is 6.07. The van der Waals surface area contributed by atoms with Gasteiger partial charge < -0.3 is 4.90 Å². The molecular weight excluding hydrogens is 290 g/mol. The fourth-order valence-corrected chi connectivity index (χ4v) is 4.23. The molecule has 2 amide bonds. The van der Waals surface area contributed by atoms with Crippen molar-refractivity contribution in [3.8, 4) is 0 Å². The molecule has 5 heteroatoms. The van der Waals surface area contributed by atoms with Gasteiger partial charge in [-0.15, -0.1) is 0 Å². The van der Waals surface area contributed by atoms with Gasteiger partial charge in [0, 0.05) is 30.5 Å². The first-order valence-electron chi connectivity index (χ1n) is 8.50. The first-order valence-corrected chi connectivity index (χ1v) is 8.50. The molecule has 0 radical (unpaired) electrons. The number of aryl methyl sites for hydroxylation is 1. The number of benzene rings is 1. The number of hydrazone groups is 1. The minimum atomic E-state index is 0.0666. The van der Waals surface area contributed by atoms with Gasteiger partial charge in [0.2, 0.25) is 11.8 Å². The van der Waals surface area contributed by atoms with Crippen LogP contribution in [0.25, 0.3) is 0 Å². The van der Waals surface area contributed by atoms with E-state index in [1.807, 2.05) is 24.0 Å². The second kappa shape index (κ2) is 5.48. The van der Waals surface area contributed by atoms with Gasteiger partial charge in [0.25, 0.3) is 0 Å². The van der Waals surface area contributed by atoms with Gasteiger partial charge in [0.1, 0.15) is 0 Å². The van der Waals surface area contributed by atoms with E-state index >= 15 is 0 Å². The van der Waals surface area contributed by atoms with Gasteiger partial charge >= 0.3 is 0 Å². The number of carbonyl (C=O) groups excluding carboxylic acids is 2. The molecule has 5 nitrogen and oxygen atoms in total. The van der Waals surface area contributed by atoms with Gasteiger partial charge in [-0.3, -0.25) is 9.59 Å². The van der Waals surface area contributed by atoms with Gasteiger partial charge in [0.05, 0.1) is 5.71 Å². The molecule has 0 bridgehead atoms. The van der Waals surface area contributed by atoms with Crippen LogP contribution >= 0.6 is 0 Å². The maximum Gasteiger partial charge on any atom is 0.243 e. The van der Waals surface area contributed by atoms with E-state index in [0.717, 1.165) is 42.6 Å². The van der Waals surface area contributed by atoms with Crippen molar-refractivity contribution in [3.05, 3.63) is 29.3 Å². The molecular formula is C18H21N3O2. The Morgan fingerprint density at radius 1 is 1.22 bits per heavy atom. The maximum atomic E-state index is 12.0. The van der Waals surface area contributed by atoms with Crippen molar-refractivity contribution in [3.63, 3.8) is 0 Å². The molecule has 1 aromatic rings. The Labute approximate surface area is 135 Å². The normalized spacial score (nSPS) is 26.5. The highest BCUT2D eigenvalue weighted by Crippen LogP contribution is 2.38. The first-order chi connectivity index (χ1) is 11.2. The van der Waals surface area contributed by atoms with Crippen molar-refractivity contribution in [2.75, 3.05) is 11.4 Å². The summed E-state index contributed by atoms with van der Waals surface area (Å²) in [7, 11) is 0. The average molecular weight is 311 g/mol. The molecule has 0 aromatic heterocycles. The lowest BCUT2D eigenvalue weighted by molar-refractivity contribution is -0.126. The minimum Gasteiger partial charge on any atom is -0.312 e. The molecule has 2 aliphatic heterocycles. The van der Waals surface area contributed by atoms with Crippen molar-refractivity contribution >= 4 is 23.2 Å². The van der Waals surface area contributed by atoms with Crippen molar-refractivity contribution in [2.45, 2.75) is 39.0 Å². The van der Waals surface area contributed by atoms with Gasteiger partial charge in [0.15, 0.2) is 0 Å². The summed E-state index contributed by atoms with van der Waals surface area (Å²) in [5.74, 6) is 0.587. The second-order valence-corrected chi connectivity index (χ2v) is 6.60. The molecule has 1 N–H and O–H groups in total. The van der Waals surface area contributed by atoms with E-state index in [9.17, 15) is 9.59 Å². The molecule has 2 heterocycles. The number of nitrogens with zero attached hydrogens (tertiary/aromatic N) is 2. The zero-order chi connectivity index (χ0) is 16.0. The fraction of sp³-hybridized carbons (Fsp3) is 0.500. The minimum absolute atomic E-state index is 0.0666. The number of nitrogens with one attached hydrogen (secondary N) is 1. The number of rotatable bonds is 2. The smallest absolute Gasteiger partial charge is 0.243 e. The zero-order valence-corrected chi connectivity index (χ0v) is 13.3. The molecule has 120 valence electrons. The Hall–Kier alpha value is -2.17. The standard InChI is InChI=1S/C18H21N3O2/c1-2-21-15-8-6-12(10-11(15)7-9-16(21)22)17-13-4-3-5-14(13)18(23)20-19-17/h6,8,10,13-14H,2-5,7,9H2,1H3,(H,20,23). The van der Waals surface area contributed by atoms with E-state index in [1.54, 1.807) is 0 Å². The van der Waals surface area contributed by atoms with E-state index in [0.29, 0.717) is 13.0 Å². The molecule has 2 atom stereocenters. The van der Waals surface area contributed by atoms with Crippen LogP contribution in [-0.2, 0) is 16.0 Å². The van der Waals surface area contributed by atoms with Crippen molar-refractivity contribution in [2.24, 2.45) is 16.9 Å². The molecule has 4 rings (SSSR count). The van der Waals surface area contributed by atoms with Crippen molar-refractivity contribution in [1.29, 1.82) is 0 Å². The predicted molar refractivity (Wildman–Crippen MR) is 88.3 cm³/mol. The van der Waals surface area contributed by atoms with E-state index in [2.05, 4.69) is 16.6 Å². The van der Waals surface area contributed by atoms with Gasteiger partial charge in [-0.05, 0) is 49.4 Å². The maximum absolute atomic E-state index is 12.0. The summed E-state index contributed by atoms with van der Waals surface area (Å²) >= 11 is 0. The number of carbonyl (C=O) groups is 2. The SMILES string of the molecule is CCN1C(=O)CCc2cc(C3=NNC(=O)C4CCCC34)ccc21. The van der Waals surface area contributed by atoms with Crippen LogP contribution in [0.15, 0.2) is 23.3 Å². The van der Waals surface area contributed by atoms with Crippen molar-refractivity contribution in [1.82, 2.24) is 5.43 Å². The molecule has 3 aliphatic rings. The second-order valence-electron chi connectivity index (χ2n) is 6.60. The third kappa shape index (κ3) is 2.26. The summed E-state index contributed by atoms with van der Waals surface area (Å²) in [4.78, 5) is 25.8. The summed E-state index contributed by atoms with van der Waals surface area (Å²) in [6, 6.07) is 6.25. The van der Waals surface area contributed by atoms with Gasteiger partial charge in [-0.25, -0.2) is 5.43 Å². The topological polar surface area (TPSA) is 61.8 Å². The quantitative estimate of drug-likeness (QED) is 0.910. The van der Waals surface area contributed by atoms with Gasteiger partial charge in [-0.1, -0.05) is 12.5 Å². The van der Waals surface area contributed by atoms with Crippen LogP contribution in [0.5, 0.6) is 0 Å². The lowest BCUT2D eigenvalue weighted by Gasteiger charge is -2.30. The van der Waals surface area contributed by atoms with Crippen LogP contribution in [0.4, 0.5) is 5.69 Å². The summed E-state index contributed by atoms with van der Waals surface area (Å²) in [5.41, 5.74) is 7.02. The van der Waals surface area contributed by atoms with Crippen LogP contribution in [0, 0.1) is 11.8 Å². The lowest BCUT2D eigenvalue weighted by atomic mass is 9.85. The number of hydrogen-bond acceptors (Lipinski definition) is 3. The Morgan fingerprint density at radius 2 is 2.04 bits per heavy atom. The number of anilines is 1. The van der Waals surface area contributed by atoms with E-state index in [-0.39, 0.29) is 23.7 Å². The highest BCUT2D eigenvalue weighted by atomic mass is 16.2. The molecule has 23 heavy (non-hydrogen) atoms. The first kappa shape index (κ1) is 14.4. The van der Waals surface area contributed by atoms with E-state index < -0.39 is 0 Å². The largest absolute Gasteiger partial charge is 0.312 e. The summed E-state index contributed by atoms with van der Waals surface area (Å²) < 4.78 is 0. The van der Waals surface area contributed by atoms with Crippen LogP contribution in [0.3, 0.4) is 0 Å². The van der Waals surface area contributed by atoms with Crippen LogP contribution in [0.1, 0.15) is 43.7 Å². The number of amides is 2. The highest BCUT2D eigenvalue weighted by Gasteiger charge is 2.39. The molecule has 0 saturated heterocycles. The van der Waals surface area contributed by atoms with Gasteiger partial charge in [-0.2, -0.15) is 5.10 Å². The predicted octanol–water partition coefficient (Wildman–Crippen LogP) is 2.24. The molecule has 1 saturated carbocycles. The third-order valence-electron chi connectivity index (χ3n) is 5.38. The summed E-state index contributed by atoms with van der Waals surface area (Å²) in [6.07, 6.45) is 4.43. The van der Waals surface area contributed by atoms with Crippen molar-refractivity contribution < 1.29 is 9.59 Å². The summed E-state index contributed by atoms with van der Waals surface area (Å²) in [5, 5.41) is 4.36. The Bertz CT molecular complexity index is 710. The van der Waals surface area contributed by atoms with E-state index in [1.165, 1.54) is 5.56 Å².